The number of ether oxygens (including phenoxy) is 2. The van der Waals surface area contributed by atoms with Crippen molar-refractivity contribution in [2.75, 3.05) is 13.2 Å². The molecule has 0 unspecified atom stereocenters. The van der Waals surface area contributed by atoms with Gasteiger partial charge in [-0.25, -0.2) is 10.4 Å². The molecule has 0 radical (unpaired) electrons. The monoisotopic (exact) mass is 697 g/mol. The van der Waals surface area contributed by atoms with Crippen LogP contribution in [-0.4, -0.2) is 35.7 Å². The van der Waals surface area contributed by atoms with Gasteiger partial charge in [-0.15, -0.1) is 0 Å². The van der Waals surface area contributed by atoms with Crippen molar-refractivity contribution in [3.63, 3.8) is 0 Å². The first kappa shape index (κ1) is 33.8. The maximum Gasteiger partial charge on any atom is 0.266 e. The van der Waals surface area contributed by atoms with Crippen LogP contribution in [0.3, 0.4) is 0 Å². The second-order valence-corrected chi connectivity index (χ2v) is 12.2. The summed E-state index contributed by atoms with van der Waals surface area (Å²) in [5.41, 5.74) is 7.25. The van der Waals surface area contributed by atoms with Gasteiger partial charge in [-0.3, -0.25) is 10.2 Å². The van der Waals surface area contributed by atoms with E-state index in [1.807, 2.05) is 54.6 Å². The Morgan fingerprint density at radius 3 is 2.35 bits per heavy atom. The number of carbonyl (C=O) groups is 1. The van der Waals surface area contributed by atoms with Crippen molar-refractivity contribution >= 4 is 64.3 Å². The van der Waals surface area contributed by atoms with Crippen LogP contribution < -0.4 is 15.6 Å². The predicted octanol–water partition coefficient (Wildman–Crippen LogP) is 8.24. The lowest BCUT2D eigenvalue weighted by atomic mass is 9.84. The van der Waals surface area contributed by atoms with Crippen molar-refractivity contribution in [2.45, 2.75) is 31.0 Å². The van der Waals surface area contributed by atoms with Crippen LogP contribution in [0.2, 0.25) is 20.1 Å². The van der Waals surface area contributed by atoms with E-state index in [4.69, 9.17) is 66.0 Å². The minimum absolute atomic E-state index is 0.0435. The number of nitrogens with zero attached hydrogens (tertiary/aromatic N) is 1. The van der Waals surface area contributed by atoms with E-state index >= 15 is 0 Å². The summed E-state index contributed by atoms with van der Waals surface area (Å²) in [6.07, 6.45) is 3.62. The van der Waals surface area contributed by atoms with E-state index in [0.29, 0.717) is 50.0 Å². The van der Waals surface area contributed by atoms with E-state index in [2.05, 4.69) is 10.9 Å². The molecule has 4 aromatic carbocycles. The third-order valence-electron chi connectivity index (χ3n) is 7.31. The second kappa shape index (κ2) is 15.8. The molecule has 0 aliphatic carbocycles. The number of hydrazine groups is 1. The van der Waals surface area contributed by atoms with Crippen molar-refractivity contribution in [3.8, 4) is 5.75 Å². The number of amides is 1. The molecule has 2 atom stereocenters. The predicted molar refractivity (Wildman–Crippen MR) is 185 cm³/mol. The summed E-state index contributed by atoms with van der Waals surface area (Å²) in [6.45, 7) is 0.663. The average molecular weight is 699 g/mol. The molecule has 0 saturated carbocycles. The Kier molecular flexibility index (Phi) is 11.6. The van der Waals surface area contributed by atoms with E-state index in [-0.39, 0.29) is 25.5 Å². The van der Waals surface area contributed by atoms with Gasteiger partial charge in [0.25, 0.3) is 5.91 Å². The van der Waals surface area contributed by atoms with Gasteiger partial charge in [0.15, 0.2) is 11.6 Å². The van der Waals surface area contributed by atoms with Gasteiger partial charge >= 0.3 is 0 Å². The molecule has 0 fully saturated rings. The van der Waals surface area contributed by atoms with Gasteiger partial charge in [0.2, 0.25) is 5.90 Å². The maximum absolute atomic E-state index is 14.3. The van der Waals surface area contributed by atoms with Gasteiger partial charge in [0, 0.05) is 57.2 Å². The second-order valence-electron chi connectivity index (χ2n) is 10.5. The Morgan fingerprint density at radius 2 is 1.65 bits per heavy atom. The highest BCUT2D eigenvalue weighted by molar-refractivity contribution is 6.35. The number of rotatable bonds is 13. The highest BCUT2D eigenvalue weighted by Crippen LogP contribution is 2.45. The Labute approximate surface area is 287 Å². The van der Waals surface area contributed by atoms with Gasteiger partial charge in [-0.2, -0.15) is 0 Å². The first-order chi connectivity index (χ1) is 22.3. The molecule has 3 N–H and O–H groups in total. The van der Waals surface area contributed by atoms with Gasteiger partial charge in [-0.1, -0.05) is 101 Å². The third kappa shape index (κ3) is 8.23. The number of carbonyl (C=O) groups excluding carboxylic acids is 1. The van der Waals surface area contributed by atoms with E-state index in [0.717, 1.165) is 11.1 Å². The van der Waals surface area contributed by atoms with Crippen LogP contribution in [0.4, 0.5) is 0 Å². The number of aliphatic hydroxyl groups is 1. The normalized spacial score (nSPS) is 17.5. The number of aliphatic imine (C=N–C) groups is 1. The summed E-state index contributed by atoms with van der Waals surface area (Å²) in [4.78, 5) is 19.3. The van der Waals surface area contributed by atoms with E-state index < -0.39 is 17.6 Å². The first-order valence-corrected chi connectivity index (χ1v) is 16.0. The fourth-order valence-corrected chi connectivity index (χ4v) is 5.92. The lowest BCUT2D eigenvalue weighted by molar-refractivity contribution is -0.129. The SMILES string of the molecule is O=C(NNCc1ccc(Cl)cc1Cl)[C@@]1(C/C=C/c2ccccc2)N=C(c2ccc(OCCCO)cc2)O[C@H]1c1ccc(Cl)cc1Cl. The minimum Gasteiger partial charge on any atom is -0.494 e. The van der Waals surface area contributed by atoms with Gasteiger partial charge in [0.05, 0.1) is 6.61 Å². The van der Waals surface area contributed by atoms with Gasteiger partial charge in [-0.05, 0) is 59.7 Å². The maximum atomic E-state index is 14.3. The highest BCUT2D eigenvalue weighted by atomic mass is 35.5. The molecule has 1 aliphatic heterocycles. The summed E-state index contributed by atoms with van der Waals surface area (Å²) >= 11 is 25.4. The lowest BCUT2D eigenvalue weighted by Gasteiger charge is -2.30. The van der Waals surface area contributed by atoms with Crippen molar-refractivity contribution in [1.82, 2.24) is 10.9 Å². The standard InChI is InChI=1S/C35H31Cl4N3O4/c36-26-12-9-25(30(38)20-26)22-40-42-34(44)35(17-4-8-23-6-2-1-3-7-23)32(29-16-13-27(37)21-31(29)39)46-33(41-35)24-10-14-28(15-11-24)45-19-5-18-43/h1-4,6-16,20-21,32,40,43H,5,17-19,22H2,(H,42,44)/b8-4+/t32-,35-/m0/s1. The number of hydrogen-bond donors (Lipinski definition) is 3. The fraction of sp³-hybridized carbons (Fsp3) is 0.200. The molecule has 238 valence electrons. The summed E-state index contributed by atoms with van der Waals surface area (Å²) < 4.78 is 12.2. The zero-order valence-corrected chi connectivity index (χ0v) is 27.6. The van der Waals surface area contributed by atoms with E-state index in [1.165, 1.54) is 0 Å². The number of hydrogen-bond acceptors (Lipinski definition) is 6. The molecule has 0 bridgehead atoms. The van der Waals surface area contributed by atoms with Crippen molar-refractivity contribution in [2.24, 2.45) is 4.99 Å². The molecule has 0 aromatic heterocycles. The zero-order valence-electron chi connectivity index (χ0n) is 24.6. The molecular weight excluding hydrogens is 668 g/mol. The molecule has 1 amide bonds. The number of nitrogens with one attached hydrogen (secondary N) is 2. The Morgan fingerprint density at radius 1 is 0.935 bits per heavy atom. The minimum atomic E-state index is -1.48. The number of benzene rings is 4. The van der Waals surface area contributed by atoms with Gasteiger partial charge < -0.3 is 14.6 Å². The topological polar surface area (TPSA) is 92.2 Å². The summed E-state index contributed by atoms with van der Waals surface area (Å²) in [7, 11) is 0. The van der Waals surface area contributed by atoms with E-state index in [1.54, 1.807) is 48.5 Å². The highest BCUT2D eigenvalue weighted by Gasteiger charge is 2.53. The molecule has 11 heteroatoms. The quantitative estimate of drug-likeness (QED) is 0.0967. The van der Waals surface area contributed by atoms with Crippen LogP contribution in [0, 0.1) is 0 Å². The summed E-state index contributed by atoms with van der Waals surface area (Å²) in [5.74, 6) is 0.458. The van der Waals surface area contributed by atoms with Crippen LogP contribution in [0.15, 0.2) is 102 Å². The molecule has 4 aromatic rings. The number of aliphatic hydroxyl groups excluding tert-OH is 1. The van der Waals surface area contributed by atoms with Crippen LogP contribution in [-0.2, 0) is 16.1 Å². The van der Waals surface area contributed by atoms with Crippen molar-refractivity contribution in [3.05, 3.63) is 139 Å². The Hall–Kier alpha value is -3.56. The fourth-order valence-electron chi connectivity index (χ4n) is 4.94. The van der Waals surface area contributed by atoms with Crippen LogP contribution >= 0.6 is 46.4 Å². The molecule has 7 nitrogen and oxygen atoms in total. The average Bonchev–Trinajstić information content (AvgIpc) is 3.43. The van der Waals surface area contributed by atoms with Crippen molar-refractivity contribution < 1.29 is 19.4 Å². The number of halogens is 4. The lowest BCUT2D eigenvalue weighted by Crippen LogP contribution is -2.52. The zero-order chi connectivity index (χ0) is 32.5. The van der Waals surface area contributed by atoms with Crippen molar-refractivity contribution in [1.29, 1.82) is 0 Å². The van der Waals surface area contributed by atoms with Crippen LogP contribution in [0.1, 0.15) is 41.2 Å². The van der Waals surface area contributed by atoms with Crippen LogP contribution in [0.5, 0.6) is 5.75 Å². The largest absolute Gasteiger partial charge is 0.494 e. The molecule has 1 aliphatic rings. The van der Waals surface area contributed by atoms with Crippen LogP contribution in [0.25, 0.3) is 6.08 Å². The molecule has 0 spiro atoms. The van der Waals surface area contributed by atoms with Gasteiger partial charge in [0.1, 0.15) is 5.75 Å². The smallest absolute Gasteiger partial charge is 0.266 e. The summed E-state index contributed by atoms with van der Waals surface area (Å²) in [6, 6.07) is 27.2. The molecular formula is C35H31Cl4N3O4. The Balaban J connectivity index is 1.51. The molecule has 0 saturated heterocycles. The summed E-state index contributed by atoms with van der Waals surface area (Å²) in [5, 5.41) is 10.8. The Bertz CT molecular complexity index is 1720. The van der Waals surface area contributed by atoms with E-state index in [9.17, 15) is 4.79 Å². The third-order valence-corrected chi connectivity index (χ3v) is 8.46. The first-order valence-electron chi connectivity index (χ1n) is 14.5. The molecule has 1 heterocycles. The molecule has 46 heavy (non-hydrogen) atoms. The molecule has 5 rings (SSSR count).